The Morgan fingerprint density at radius 1 is 1.40 bits per heavy atom. The summed E-state index contributed by atoms with van der Waals surface area (Å²) >= 11 is 5.62. The number of nitrogens with one attached hydrogen (secondary N) is 1. The van der Waals surface area contributed by atoms with Crippen molar-refractivity contribution in [2.24, 2.45) is 5.92 Å². The fourth-order valence-electron chi connectivity index (χ4n) is 2.99. The average molecular weight is 300 g/mol. The van der Waals surface area contributed by atoms with Gasteiger partial charge in [0.1, 0.15) is 0 Å². The van der Waals surface area contributed by atoms with Gasteiger partial charge in [-0.05, 0) is 51.5 Å². The van der Waals surface area contributed by atoms with Gasteiger partial charge in [0.05, 0.1) is 0 Å². The van der Waals surface area contributed by atoms with Gasteiger partial charge in [-0.2, -0.15) is 0 Å². The van der Waals surface area contributed by atoms with Crippen LogP contribution in [0.2, 0.25) is 0 Å². The first-order valence-corrected chi connectivity index (χ1v) is 8.68. The molecule has 20 heavy (non-hydrogen) atoms. The van der Waals surface area contributed by atoms with Gasteiger partial charge in [0.2, 0.25) is 0 Å². The molecule has 1 N–H and O–H groups in total. The molecule has 1 heterocycles. The normalized spacial score (nSPS) is 20.4. The second-order valence-electron chi connectivity index (χ2n) is 6.35. The summed E-state index contributed by atoms with van der Waals surface area (Å²) in [6.45, 7) is 7.82. The highest BCUT2D eigenvalue weighted by atomic mass is 32.1. The number of hydrogen-bond donors (Lipinski definition) is 1. The average Bonchev–Trinajstić information content (AvgIpc) is 2.86. The predicted molar refractivity (Wildman–Crippen MR) is 92.2 cm³/mol. The van der Waals surface area contributed by atoms with Crippen LogP contribution in [0.4, 0.5) is 0 Å². The second-order valence-corrected chi connectivity index (χ2v) is 6.74. The van der Waals surface area contributed by atoms with E-state index in [-0.39, 0.29) is 0 Å². The van der Waals surface area contributed by atoms with Crippen molar-refractivity contribution in [2.75, 3.05) is 33.7 Å². The Labute approximate surface area is 131 Å². The van der Waals surface area contributed by atoms with Crippen molar-refractivity contribution >= 4 is 17.3 Å². The molecule has 0 spiro atoms. The fourth-order valence-corrected chi connectivity index (χ4v) is 3.31. The van der Waals surface area contributed by atoms with Gasteiger partial charge >= 0.3 is 0 Å². The van der Waals surface area contributed by atoms with Crippen LogP contribution in [0.25, 0.3) is 0 Å². The van der Waals surface area contributed by atoms with E-state index >= 15 is 0 Å². The highest BCUT2D eigenvalue weighted by Crippen LogP contribution is 2.18. The molecular weight excluding hydrogens is 266 g/mol. The first-order chi connectivity index (χ1) is 9.58. The number of nitrogens with zero attached hydrogens (tertiary/aromatic N) is 2. The quantitative estimate of drug-likeness (QED) is 0.694. The molecule has 0 radical (unpaired) electrons. The second kappa shape index (κ2) is 9.56. The summed E-state index contributed by atoms with van der Waals surface area (Å²) in [7, 11) is 4.29. The molecule has 0 aromatic rings. The number of unbranched alkanes of at least 4 members (excludes halogenated alkanes) is 1. The van der Waals surface area contributed by atoms with Crippen molar-refractivity contribution in [1.82, 2.24) is 15.1 Å². The van der Waals surface area contributed by atoms with E-state index in [2.05, 4.69) is 43.1 Å². The lowest BCUT2D eigenvalue weighted by molar-refractivity contribution is 0.282. The number of rotatable bonds is 8. The maximum Gasteiger partial charge on any atom is 0.169 e. The standard InChI is InChI=1S/C16H33N3S/c1-5-7-9-14(6-2)12-17-16(20)19-11-8-10-15(19)13-18(3)4/h14-15H,5-13H2,1-4H3,(H,17,20). The van der Waals surface area contributed by atoms with Crippen molar-refractivity contribution in [1.29, 1.82) is 0 Å². The van der Waals surface area contributed by atoms with E-state index in [0.717, 1.165) is 30.7 Å². The summed E-state index contributed by atoms with van der Waals surface area (Å²) < 4.78 is 0. The lowest BCUT2D eigenvalue weighted by Crippen LogP contribution is -2.47. The SMILES string of the molecule is CCCCC(CC)CNC(=S)N1CCCC1CN(C)C. The van der Waals surface area contributed by atoms with Gasteiger partial charge in [-0.1, -0.05) is 33.1 Å². The maximum atomic E-state index is 5.62. The van der Waals surface area contributed by atoms with Gasteiger partial charge in [0, 0.05) is 25.7 Å². The minimum Gasteiger partial charge on any atom is -0.362 e. The predicted octanol–water partition coefficient (Wildman–Crippen LogP) is 3.10. The zero-order chi connectivity index (χ0) is 15.0. The molecule has 118 valence electrons. The van der Waals surface area contributed by atoms with E-state index in [4.69, 9.17) is 12.2 Å². The molecule has 0 amide bonds. The lowest BCUT2D eigenvalue weighted by atomic mass is 9.99. The van der Waals surface area contributed by atoms with E-state index in [9.17, 15) is 0 Å². The van der Waals surface area contributed by atoms with Crippen molar-refractivity contribution < 1.29 is 0 Å². The van der Waals surface area contributed by atoms with Crippen LogP contribution < -0.4 is 5.32 Å². The van der Waals surface area contributed by atoms with E-state index in [1.807, 2.05) is 0 Å². The van der Waals surface area contributed by atoms with Crippen molar-refractivity contribution in [2.45, 2.75) is 58.4 Å². The van der Waals surface area contributed by atoms with Crippen molar-refractivity contribution in [3.63, 3.8) is 0 Å². The first kappa shape index (κ1) is 17.7. The Morgan fingerprint density at radius 2 is 2.15 bits per heavy atom. The largest absolute Gasteiger partial charge is 0.362 e. The van der Waals surface area contributed by atoms with Crippen LogP contribution in [0, 0.1) is 5.92 Å². The molecule has 0 aromatic heterocycles. The molecule has 2 unspecified atom stereocenters. The van der Waals surface area contributed by atoms with Crippen molar-refractivity contribution in [3.8, 4) is 0 Å². The van der Waals surface area contributed by atoms with Gasteiger partial charge in [-0.3, -0.25) is 0 Å². The summed E-state index contributed by atoms with van der Waals surface area (Å²) in [4.78, 5) is 4.67. The molecule has 1 aliphatic rings. The Kier molecular flexibility index (Phi) is 8.46. The van der Waals surface area contributed by atoms with Crippen molar-refractivity contribution in [3.05, 3.63) is 0 Å². The monoisotopic (exact) mass is 299 g/mol. The Morgan fingerprint density at radius 3 is 2.75 bits per heavy atom. The molecule has 1 saturated heterocycles. The third-order valence-electron chi connectivity index (χ3n) is 4.30. The van der Waals surface area contributed by atoms with Crippen LogP contribution >= 0.6 is 12.2 Å². The Hall–Kier alpha value is -0.350. The summed E-state index contributed by atoms with van der Waals surface area (Å²) in [5.41, 5.74) is 0. The van der Waals surface area contributed by atoms with Crippen LogP contribution in [0.15, 0.2) is 0 Å². The molecule has 0 saturated carbocycles. The Bertz CT molecular complexity index is 281. The smallest absolute Gasteiger partial charge is 0.169 e. The zero-order valence-electron chi connectivity index (χ0n) is 13.8. The summed E-state index contributed by atoms with van der Waals surface area (Å²) in [6, 6.07) is 0.598. The van der Waals surface area contributed by atoms with Gasteiger partial charge < -0.3 is 15.1 Å². The molecule has 1 fully saturated rings. The number of thiocarbonyl (C=S) groups is 1. The Balaban J connectivity index is 2.37. The number of likely N-dealkylation sites (tertiary alicyclic amines) is 1. The molecule has 0 aromatic carbocycles. The molecule has 1 aliphatic heterocycles. The minimum atomic E-state index is 0.598. The summed E-state index contributed by atoms with van der Waals surface area (Å²) in [5, 5.41) is 4.50. The molecule has 4 heteroatoms. The molecule has 3 nitrogen and oxygen atoms in total. The molecule has 0 bridgehead atoms. The minimum absolute atomic E-state index is 0.598. The topological polar surface area (TPSA) is 18.5 Å². The van der Waals surface area contributed by atoms with Crippen LogP contribution in [0.5, 0.6) is 0 Å². The summed E-state index contributed by atoms with van der Waals surface area (Å²) in [5.74, 6) is 0.766. The lowest BCUT2D eigenvalue weighted by Gasteiger charge is -2.30. The zero-order valence-corrected chi connectivity index (χ0v) is 14.6. The van der Waals surface area contributed by atoms with E-state index in [1.165, 1.54) is 38.5 Å². The molecule has 1 rings (SSSR count). The molecular formula is C16H33N3S. The number of hydrogen-bond acceptors (Lipinski definition) is 2. The van der Waals surface area contributed by atoms with Gasteiger partial charge in [0.15, 0.2) is 5.11 Å². The van der Waals surface area contributed by atoms with Crippen LogP contribution in [0.1, 0.15) is 52.4 Å². The van der Waals surface area contributed by atoms with Crippen LogP contribution in [-0.2, 0) is 0 Å². The van der Waals surface area contributed by atoms with E-state index in [0.29, 0.717) is 6.04 Å². The fraction of sp³-hybridized carbons (Fsp3) is 0.938. The summed E-state index contributed by atoms with van der Waals surface area (Å²) in [6.07, 6.45) is 7.73. The highest BCUT2D eigenvalue weighted by Gasteiger charge is 2.26. The first-order valence-electron chi connectivity index (χ1n) is 8.27. The van der Waals surface area contributed by atoms with Crippen LogP contribution in [-0.4, -0.2) is 54.7 Å². The number of likely N-dealkylation sites (N-methyl/N-ethyl adjacent to an activating group) is 1. The van der Waals surface area contributed by atoms with Gasteiger partial charge in [-0.25, -0.2) is 0 Å². The van der Waals surface area contributed by atoms with E-state index in [1.54, 1.807) is 0 Å². The molecule has 2 atom stereocenters. The highest BCUT2D eigenvalue weighted by molar-refractivity contribution is 7.80. The van der Waals surface area contributed by atoms with Gasteiger partial charge in [0.25, 0.3) is 0 Å². The maximum absolute atomic E-state index is 5.62. The molecule has 0 aliphatic carbocycles. The van der Waals surface area contributed by atoms with E-state index < -0.39 is 0 Å². The van der Waals surface area contributed by atoms with Gasteiger partial charge in [-0.15, -0.1) is 0 Å². The third kappa shape index (κ3) is 5.96. The third-order valence-corrected chi connectivity index (χ3v) is 4.68. The van der Waals surface area contributed by atoms with Crippen LogP contribution in [0.3, 0.4) is 0 Å².